The lowest BCUT2D eigenvalue weighted by atomic mass is 10.2. The van der Waals surface area contributed by atoms with Crippen LogP contribution in [0.1, 0.15) is 18.9 Å². The van der Waals surface area contributed by atoms with Crippen LogP contribution in [0, 0.1) is 0 Å². The molecule has 0 saturated carbocycles. The molecule has 0 saturated heterocycles. The van der Waals surface area contributed by atoms with Gasteiger partial charge in [0.05, 0.1) is 6.42 Å². The van der Waals surface area contributed by atoms with Gasteiger partial charge in [-0.1, -0.05) is 6.92 Å². The number of carbonyl (C=O) groups is 2. The molecule has 1 aromatic rings. The Balaban J connectivity index is 2.45. The monoisotopic (exact) mass is 227 g/mol. The summed E-state index contributed by atoms with van der Waals surface area (Å²) in [6.07, 6.45) is 0.637. The van der Waals surface area contributed by atoms with Crippen molar-refractivity contribution < 1.29 is 14.7 Å². The molecule has 0 unspecified atom stereocenters. The van der Waals surface area contributed by atoms with Gasteiger partial charge >= 0.3 is 5.97 Å². The molecule has 0 aliphatic carbocycles. The standard InChI is InChI=1S/C10H13NO3S/c1-2-8(10(13)14)11-9(12)5-7-3-4-15-6-7/h3-4,6,8H,2,5H2,1H3,(H,11,12)(H,13,14)/t8-/m1/s1. The fourth-order valence-electron chi connectivity index (χ4n) is 1.16. The molecular formula is C10H13NO3S. The van der Waals surface area contributed by atoms with Gasteiger partial charge in [0.2, 0.25) is 5.91 Å². The molecule has 1 atom stereocenters. The highest BCUT2D eigenvalue weighted by Crippen LogP contribution is 2.06. The molecule has 5 heteroatoms. The Morgan fingerprint density at radius 1 is 1.60 bits per heavy atom. The third-order valence-corrected chi connectivity index (χ3v) is 2.72. The van der Waals surface area contributed by atoms with Crippen molar-refractivity contribution in [1.82, 2.24) is 5.32 Å². The average molecular weight is 227 g/mol. The highest BCUT2D eigenvalue weighted by molar-refractivity contribution is 7.07. The molecule has 0 spiro atoms. The van der Waals surface area contributed by atoms with E-state index < -0.39 is 12.0 Å². The number of carbonyl (C=O) groups excluding carboxylic acids is 1. The minimum Gasteiger partial charge on any atom is -0.480 e. The Morgan fingerprint density at radius 2 is 2.33 bits per heavy atom. The maximum Gasteiger partial charge on any atom is 0.326 e. The molecule has 0 fully saturated rings. The van der Waals surface area contributed by atoms with Crippen molar-refractivity contribution >= 4 is 23.2 Å². The van der Waals surface area contributed by atoms with Crippen molar-refractivity contribution in [2.75, 3.05) is 0 Å². The summed E-state index contributed by atoms with van der Waals surface area (Å²) in [6, 6.07) is 1.07. The van der Waals surface area contributed by atoms with Gasteiger partial charge in [-0.05, 0) is 28.8 Å². The van der Waals surface area contributed by atoms with E-state index in [-0.39, 0.29) is 12.3 Å². The van der Waals surface area contributed by atoms with Crippen LogP contribution in [-0.2, 0) is 16.0 Å². The van der Waals surface area contributed by atoms with Gasteiger partial charge in [-0.15, -0.1) is 0 Å². The predicted octanol–water partition coefficient (Wildman–Crippen LogP) is 1.27. The first-order valence-corrected chi connectivity index (χ1v) is 5.61. The highest BCUT2D eigenvalue weighted by atomic mass is 32.1. The summed E-state index contributed by atoms with van der Waals surface area (Å²) in [5.74, 6) is -1.24. The van der Waals surface area contributed by atoms with Crippen molar-refractivity contribution in [2.24, 2.45) is 0 Å². The molecule has 0 aliphatic rings. The van der Waals surface area contributed by atoms with E-state index in [0.717, 1.165) is 5.56 Å². The predicted molar refractivity (Wildman–Crippen MR) is 57.9 cm³/mol. The summed E-state index contributed by atoms with van der Waals surface area (Å²) in [5.41, 5.74) is 0.915. The van der Waals surface area contributed by atoms with E-state index >= 15 is 0 Å². The smallest absolute Gasteiger partial charge is 0.326 e. The first-order chi connectivity index (χ1) is 7.13. The Labute approximate surface area is 91.9 Å². The lowest BCUT2D eigenvalue weighted by molar-refractivity contribution is -0.141. The van der Waals surface area contributed by atoms with Crippen LogP contribution < -0.4 is 5.32 Å². The second kappa shape index (κ2) is 5.50. The first kappa shape index (κ1) is 11.7. The number of hydrogen-bond acceptors (Lipinski definition) is 3. The fourth-order valence-corrected chi connectivity index (χ4v) is 1.83. The number of rotatable bonds is 5. The summed E-state index contributed by atoms with van der Waals surface area (Å²) in [6.45, 7) is 1.73. The van der Waals surface area contributed by atoms with E-state index in [1.54, 1.807) is 6.92 Å². The van der Waals surface area contributed by atoms with E-state index in [4.69, 9.17) is 5.11 Å². The molecule has 0 aliphatic heterocycles. The van der Waals surface area contributed by atoms with Crippen LogP contribution >= 0.6 is 11.3 Å². The molecule has 0 aromatic carbocycles. The summed E-state index contributed by atoms with van der Waals surface area (Å²) in [5, 5.41) is 15.0. The fraction of sp³-hybridized carbons (Fsp3) is 0.400. The van der Waals surface area contributed by atoms with E-state index in [9.17, 15) is 9.59 Å². The van der Waals surface area contributed by atoms with Crippen molar-refractivity contribution in [3.8, 4) is 0 Å². The van der Waals surface area contributed by atoms with Crippen LogP contribution in [0.5, 0.6) is 0 Å². The second-order valence-electron chi connectivity index (χ2n) is 3.17. The molecule has 2 N–H and O–H groups in total. The molecule has 82 valence electrons. The maximum atomic E-state index is 11.4. The van der Waals surface area contributed by atoms with E-state index in [1.165, 1.54) is 11.3 Å². The van der Waals surface area contributed by atoms with Crippen molar-refractivity contribution in [3.05, 3.63) is 22.4 Å². The third kappa shape index (κ3) is 3.71. The summed E-state index contributed by atoms with van der Waals surface area (Å²) in [7, 11) is 0. The van der Waals surface area contributed by atoms with Gasteiger partial charge in [-0.25, -0.2) is 4.79 Å². The molecule has 1 amide bonds. The molecule has 0 radical (unpaired) electrons. The van der Waals surface area contributed by atoms with E-state index in [0.29, 0.717) is 6.42 Å². The largest absolute Gasteiger partial charge is 0.480 e. The highest BCUT2D eigenvalue weighted by Gasteiger charge is 2.17. The van der Waals surface area contributed by atoms with Gasteiger partial charge in [-0.2, -0.15) is 11.3 Å². The molecule has 1 rings (SSSR count). The number of nitrogens with one attached hydrogen (secondary N) is 1. The van der Waals surface area contributed by atoms with Crippen LogP contribution in [0.4, 0.5) is 0 Å². The van der Waals surface area contributed by atoms with Gasteiger partial charge in [0.25, 0.3) is 0 Å². The average Bonchev–Trinajstić information content (AvgIpc) is 2.66. The Hall–Kier alpha value is -1.36. The molecular weight excluding hydrogens is 214 g/mol. The summed E-state index contributed by atoms with van der Waals surface area (Å²) in [4.78, 5) is 22.1. The number of carboxylic acid groups (broad SMARTS) is 1. The zero-order valence-electron chi connectivity index (χ0n) is 8.40. The third-order valence-electron chi connectivity index (χ3n) is 1.99. The SMILES string of the molecule is CC[C@@H](NC(=O)Cc1ccsc1)C(=O)O. The number of amides is 1. The van der Waals surface area contributed by atoms with Crippen molar-refractivity contribution in [1.29, 1.82) is 0 Å². The number of hydrogen-bond donors (Lipinski definition) is 2. The Morgan fingerprint density at radius 3 is 2.80 bits per heavy atom. The van der Waals surface area contributed by atoms with Crippen LogP contribution in [0.2, 0.25) is 0 Å². The van der Waals surface area contributed by atoms with Crippen LogP contribution in [-0.4, -0.2) is 23.0 Å². The van der Waals surface area contributed by atoms with Crippen molar-refractivity contribution in [2.45, 2.75) is 25.8 Å². The van der Waals surface area contributed by atoms with Gasteiger partial charge in [0.1, 0.15) is 6.04 Å². The zero-order valence-corrected chi connectivity index (χ0v) is 9.21. The first-order valence-electron chi connectivity index (χ1n) is 4.66. The van der Waals surface area contributed by atoms with Crippen LogP contribution in [0.15, 0.2) is 16.8 Å². The Kier molecular flexibility index (Phi) is 4.30. The topological polar surface area (TPSA) is 66.4 Å². The molecule has 1 aromatic heterocycles. The summed E-state index contributed by atoms with van der Waals surface area (Å²) < 4.78 is 0. The molecule has 4 nitrogen and oxygen atoms in total. The molecule has 0 bridgehead atoms. The zero-order chi connectivity index (χ0) is 11.3. The number of carboxylic acids is 1. The second-order valence-corrected chi connectivity index (χ2v) is 3.95. The quantitative estimate of drug-likeness (QED) is 0.796. The molecule has 1 heterocycles. The normalized spacial score (nSPS) is 12.1. The van der Waals surface area contributed by atoms with E-state index in [2.05, 4.69) is 5.32 Å². The number of thiophene rings is 1. The lowest BCUT2D eigenvalue weighted by Crippen LogP contribution is -2.40. The van der Waals surface area contributed by atoms with E-state index in [1.807, 2.05) is 16.8 Å². The van der Waals surface area contributed by atoms with Crippen LogP contribution in [0.3, 0.4) is 0 Å². The minimum atomic E-state index is -0.990. The minimum absolute atomic E-state index is 0.243. The molecule has 15 heavy (non-hydrogen) atoms. The number of aliphatic carboxylic acids is 1. The van der Waals surface area contributed by atoms with Gasteiger partial charge < -0.3 is 10.4 Å². The van der Waals surface area contributed by atoms with Gasteiger partial charge in [0, 0.05) is 0 Å². The maximum absolute atomic E-state index is 11.4. The van der Waals surface area contributed by atoms with Crippen molar-refractivity contribution in [3.63, 3.8) is 0 Å². The Bertz CT molecular complexity index is 334. The van der Waals surface area contributed by atoms with Gasteiger partial charge in [-0.3, -0.25) is 4.79 Å². The lowest BCUT2D eigenvalue weighted by Gasteiger charge is -2.11. The van der Waals surface area contributed by atoms with Gasteiger partial charge in [0.15, 0.2) is 0 Å². The van der Waals surface area contributed by atoms with Crippen LogP contribution in [0.25, 0.3) is 0 Å². The summed E-state index contributed by atoms with van der Waals surface area (Å²) >= 11 is 1.52.